The smallest absolute Gasteiger partial charge is 0.232 e. The Kier molecular flexibility index (Phi) is 6.14. The highest BCUT2D eigenvalue weighted by atomic mass is 16.5. The molecule has 0 bridgehead atoms. The molecule has 0 amide bonds. The predicted molar refractivity (Wildman–Crippen MR) is 116 cm³/mol. The summed E-state index contributed by atoms with van der Waals surface area (Å²) >= 11 is 0. The molecule has 0 radical (unpaired) electrons. The van der Waals surface area contributed by atoms with Gasteiger partial charge >= 0.3 is 0 Å². The van der Waals surface area contributed by atoms with Gasteiger partial charge in [0.25, 0.3) is 0 Å². The Balaban J connectivity index is 1.94. The highest BCUT2D eigenvalue weighted by molar-refractivity contribution is 5.66. The van der Waals surface area contributed by atoms with Crippen LogP contribution >= 0.6 is 0 Å². The van der Waals surface area contributed by atoms with Crippen LogP contribution in [0.5, 0.6) is 5.75 Å². The molecule has 5 nitrogen and oxygen atoms in total. The van der Waals surface area contributed by atoms with Crippen molar-refractivity contribution >= 4 is 23.1 Å². The molecule has 0 atom stereocenters. The highest BCUT2D eigenvalue weighted by Gasteiger charge is 2.13. The summed E-state index contributed by atoms with van der Waals surface area (Å²) in [6, 6.07) is 18.2. The molecular weight excluding hydrogens is 348 g/mol. The van der Waals surface area contributed by atoms with Gasteiger partial charge < -0.3 is 15.0 Å². The van der Waals surface area contributed by atoms with Crippen molar-refractivity contribution in [3.05, 3.63) is 65.9 Å². The molecule has 28 heavy (non-hydrogen) atoms. The van der Waals surface area contributed by atoms with E-state index in [9.17, 15) is 0 Å². The van der Waals surface area contributed by atoms with E-state index in [1.165, 1.54) is 5.56 Å². The van der Waals surface area contributed by atoms with E-state index in [0.717, 1.165) is 35.2 Å². The second-order valence-corrected chi connectivity index (χ2v) is 7.07. The molecule has 0 spiro atoms. The molecule has 0 unspecified atom stereocenters. The number of ether oxygens (including phenoxy) is 1. The van der Waals surface area contributed by atoms with Gasteiger partial charge in [-0.2, -0.15) is 4.98 Å². The first kappa shape index (κ1) is 19.7. The van der Waals surface area contributed by atoms with Crippen LogP contribution in [0.25, 0.3) is 0 Å². The number of aromatic nitrogens is 2. The van der Waals surface area contributed by atoms with Gasteiger partial charge in [-0.3, -0.25) is 0 Å². The Bertz CT molecular complexity index is 939. The zero-order chi connectivity index (χ0) is 20.1. The van der Waals surface area contributed by atoms with Crippen molar-refractivity contribution in [1.82, 2.24) is 9.97 Å². The number of para-hydroxylation sites is 2. The van der Waals surface area contributed by atoms with Gasteiger partial charge in [0.15, 0.2) is 0 Å². The van der Waals surface area contributed by atoms with Gasteiger partial charge in [0.2, 0.25) is 5.95 Å². The number of nitrogens with zero attached hydrogens (tertiary/aromatic N) is 3. The van der Waals surface area contributed by atoms with E-state index in [4.69, 9.17) is 9.72 Å². The van der Waals surface area contributed by atoms with Crippen LogP contribution in [0.4, 0.5) is 23.1 Å². The summed E-state index contributed by atoms with van der Waals surface area (Å²) < 4.78 is 5.91. The Hall–Kier alpha value is -3.08. The average molecular weight is 377 g/mol. The lowest BCUT2D eigenvalue weighted by Gasteiger charge is -2.22. The van der Waals surface area contributed by atoms with E-state index < -0.39 is 0 Å². The molecule has 3 aromatic rings. The number of aryl methyl sites for hydroxylation is 2. The minimum Gasteiger partial charge on any atom is -0.489 e. The van der Waals surface area contributed by atoms with Gasteiger partial charge in [0, 0.05) is 24.0 Å². The fourth-order valence-corrected chi connectivity index (χ4v) is 3.04. The number of anilines is 4. The number of rotatable bonds is 7. The Labute approximate surface area is 167 Å². The second kappa shape index (κ2) is 8.74. The van der Waals surface area contributed by atoms with Gasteiger partial charge in [0.05, 0.1) is 11.8 Å². The molecule has 2 aromatic carbocycles. The first-order chi connectivity index (χ1) is 13.5. The summed E-state index contributed by atoms with van der Waals surface area (Å²) in [5, 5.41) is 3.40. The van der Waals surface area contributed by atoms with Crippen LogP contribution in [0.2, 0.25) is 0 Å². The van der Waals surface area contributed by atoms with Gasteiger partial charge in [-0.1, -0.05) is 24.3 Å². The van der Waals surface area contributed by atoms with E-state index in [1.54, 1.807) is 0 Å². The van der Waals surface area contributed by atoms with Crippen LogP contribution in [0, 0.1) is 13.8 Å². The number of hydrogen-bond acceptors (Lipinski definition) is 5. The van der Waals surface area contributed by atoms with E-state index in [-0.39, 0.29) is 6.10 Å². The van der Waals surface area contributed by atoms with Crippen molar-refractivity contribution in [3.8, 4) is 5.75 Å². The summed E-state index contributed by atoms with van der Waals surface area (Å²) in [5.41, 5.74) is 4.09. The van der Waals surface area contributed by atoms with Crippen LogP contribution in [0.15, 0.2) is 54.6 Å². The molecule has 0 fully saturated rings. The minimum atomic E-state index is 0.0996. The SMILES string of the molecule is CCN(c1cccc(C)c1)c1nc(C)cc(Nc2ccccc2OC(C)C)n1. The lowest BCUT2D eigenvalue weighted by molar-refractivity contribution is 0.244. The predicted octanol–water partition coefficient (Wildman–Crippen LogP) is 5.78. The highest BCUT2D eigenvalue weighted by Crippen LogP contribution is 2.29. The largest absolute Gasteiger partial charge is 0.489 e. The molecule has 0 aliphatic rings. The van der Waals surface area contributed by atoms with Crippen LogP contribution in [0.3, 0.4) is 0 Å². The first-order valence-corrected chi connectivity index (χ1v) is 9.69. The van der Waals surface area contributed by atoms with E-state index in [0.29, 0.717) is 5.95 Å². The summed E-state index contributed by atoms with van der Waals surface area (Å²) in [5.74, 6) is 2.23. The second-order valence-electron chi connectivity index (χ2n) is 7.07. The van der Waals surface area contributed by atoms with Crippen molar-refractivity contribution in [2.45, 2.75) is 40.7 Å². The molecule has 0 saturated heterocycles. The summed E-state index contributed by atoms with van der Waals surface area (Å²) in [6.07, 6.45) is 0.0996. The lowest BCUT2D eigenvalue weighted by atomic mass is 10.2. The zero-order valence-corrected chi connectivity index (χ0v) is 17.2. The maximum Gasteiger partial charge on any atom is 0.232 e. The number of benzene rings is 2. The van der Waals surface area contributed by atoms with E-state index in [1.807, 2.05) is 51.1 Å². The fourth-order valence-electron chi connectivity index (χ4n) is 3.04. The summed E-state index contributed by atoms with van der Waals surface area (Å²) in [4.78, 5) is 11.6. The summed E-state index contributed by atoms with van der Waals surface area (Å²) in [6.45, 7) is 11.0. The molecule has 0 saturated carbocycles. The van der Waals surface area contributed by atoms with Crippen molar-refractivity contribution in [2.24, 2.45) is 0 Å². The standard InChI is InChI=1S/C23H28N4O/c1-6-27(19-11-9-10-17(4)14-19)23-24-18(5)15-22(26-23)25-20-12-7-8-13-21(20)28-16(2)3/h7-16H,6H2,1-5H3,(H,24,25,26). The molecule has 1 heterocycles. The Morgan fingerprint density at radius 1 is 1.00 bits per heavy atom. The van der Waals surface area contributed by atoms with E-state index >= 15 is 0 Å². The van der Waals surface area contributed by atoms with Crippen molar-refractivity contribution in [3.63, 3.8) is 0 Å². The van der Waals surface area contributed by atoms with Gasteiger partial charge in [-0.25, -0.2) is 4.98 Å². The average Bonchev–Trinajstić information content (AvgIpc) is 2.63. The lowest BCUT2D eigenvalue weighted by Crippen LogP contribution is -2.19. The fraction of sp³-hybridized carbons (Fsp3) is 0.304. The van der Waals surface area contributed by atoms with Crippen LogP contribution in [-0.2, 0) is 0 Å². The molecule has 3 rings (SSSR count). The topological polar surface area (TPSA) is 50.3 Å². The third-order valence-corrected chi connectivity index (χ3v) is 4.23. The van der Waals surface area contributed by atoms with Crippen molar-refractivity contribution in [1.29, 1.82) is 0 Å². The van der Waals surface area contributed by atoms with Crippen molar-refractivity contribution < 1.29 is 4.74 Å². The third-order valence-electron chi connectivity index (χ3n) is 4.23. The maximum atomic E-state index is 5.91. The maximum absolute atomic E-state index is 5.91. The van der Waals surface area contributed by atoms with Crippen LogP contribution < -0.4 is 15.0 Å². The summed E-state index contributed by atoms with van der Waals surface area (Å²) in [7, 11) is 0. The van der Waals surface area contributed by atoms with Gasteiger partial charge in [0.1, 0.15) is 11.6 Å². The molecule has 1 N–H and O–H groups in total. The monoisotopic (exact) mass is 376 g/mol. The van der Waals surface area contributed by atoms with Crippen LogP contribution in [-0.4, -0.2) is 22.6 Å². The number of nitrogens with one attached hydrogen (secondary N) is 1. The molecule has 5 heteroatoms. The number of hydrogen-bond donors (Lipinski definition) is 1. The molecule has 146 valence electrons. The Morgan fingerprint density at radius 2 is 1.79 bits per heavy atom. The molecular formula is C23H28N4O. The van der Waals surface area contributed by atoms with Crippen molar-refractivity contribution in [2.75, 3.05) is 16.8 Å². The van der Waals surface area contributed by atoms with Gasteiger partial charge in [-0.15, -0.1) is 0 Å². The van der Waals surface area contributed by atoms with Gasteiger partial charge in [-0.05, 0) is 64.4 Å². The minimum absolute atomic E-state index is 0.0996. The molecule has 1 aromatic heterocycles. The third kappa shape index (κ3) is 4.80. The zero-order valence-electron chi connectivity index (χ0n) is 17.2. The van der Waals surface area contributed by atoms with E-state index in [2.05, 4.69) is 53.3 Å². The quantitative estimate of drug-likeness (QED) is 0.566. The first-order valence-electron chi connectivity index (χ1n) is 9.69. The molecule has 0 aliphatic heterocycles. The normalized spacial score (nSPS) is 10.8. The van der Waals surface area contributed by atoms with Crippen LogP contribution in [0.1, 0.15) is 32.0 Å². The Morgan fingerprint density at radius 3 is 2.50 bits per heavy atom. The molecule has 0 aliphatic carbocycles.